The van der Waals surface area contributed by atoms with Crippen molar-refractivity contribution in [3.05, 3.63) is 69.3 Å². The van der Waals surface area contributed by atoms with E-state index in [1.165, 1.54) is 6.20 Å². The van der Waals surface area contributed by atoms with Crippen LogP contribution in [0.4, 0.5) is 11.4 Å². The molecule has 0 bridgehead atoms. The van der Waals surface area contributed by atoms with E-state index in [1.807, 2.05) is 17.7 Å². The lowest BCUT2D eigenvalue weighted by atomic mass is 9.96. The van der Waals surface area contributed by atoms with Crippen LogP contribution in [0.25, 0.3) is 10.9 Å². The van der Waals surface area contributed by atoms with E-state index in [0.717, 1.165) is 12.8 Å². The number of hydrogen-bond donors (Lipinski definition) is 2. The van der Waals surface area contributed by atoms with Crippen molar-refractivity contribution in [3.8, 4) is 6.07 Å². The smallest absolute Gasteiger partial charge is 0.129 e. The molecule has 1 aliphatic carbocycles. The molecule has 5 rings (SSSR count). The zero-order chi connectivity index (χ0) is 27.2. The minimum atomic E-state index is -1.55. The molecule has 1 aromatic carbocycles. The number of pyridine rings is 2. The van der Waals surface area contributed by atoms with E-state index in [1.54, 1.807) is 24.4 Å². The molecular formula is C27H28Cl2N8. The van der Waals surface area contributed by atoms with Gasteiger partial charge in [0, 0.05) is 35.1 Å². The fourth-order valence-electron chi connectivity index (χ4n) is 4.08. The van der Waals surface area contributed by atoms with Crippen molar-refractivity contribution in [1.82, 2.24) is 25.0 Å². The molecule has 2 N–H and O–H groups in total. The maximum atomic E-state index is 9.79. The van der Waals surface area contributed by atoms with Crippen LogP contribution in [0.3, 0.4) is 0 Å². The van der Waals surface area contributed by atoms with Gasteiger partial charge in [-0.15, -0.1) is 5.10 Å². The number of halogens is 2. The Morgan fingerprint density at radius 1 is 1.27 bits per heavy atom. The van der Waals surface area contributed by atoms with Crippen LogP contribution in [0.15, 0.2) is 36.7 Å². The van der Waals surface area contributed by atoms with Crippen LogP contribution in [-0.4, -0.2) is 31.5 Å². The molecule has 0 spiro atoms. The van der Waals surface area contributed by atoms with Gasteiger partial charge in [0.25, 0.3) is 0 Å². The van der Waals surface area contributed by atoms with Crippen LogP contribution < -0.4 is 10.6 Å². The fourth-order valence-corrected chi connectivity index (χ4v) is 4.54. The quantitative estimate of drug-likeness (QED) is 0.253. The highest BCUT2D eigenvalue weighted by molar-refractivity contribution is 6.35. The molecule has 1 saturated carbocycles. The summed E-state index contributed by atoms with van der Waals surface area (Å²) in [4.78, 5) is 8.83. The van der Waals surface area contributed by atoms with Gasteiger partial charge in [0.2, 0.25) is 0 Å². The average Bonchev–Trinajstić information content (AvgIpc) is 3.57. The standard InChI is InChI=1S/C27H28Cl2N8/c1-15-19(7-8-23(29)33-15)26(22-13-37(36-35-22)18-5-6-18)34-17-9-20-24(32-14-27(2,3)4)16(11-30)12-31-25(20)21(28)10-17/h7-10,12-13,18,26,34H,5-6,14H2,1-4H3,(H,31,32)/i26D. The lowest BCUT2D eigenvalue weighted by Gasteiger charge is -2.23. The molecule has 3 aromatic heterocycles. The molecular weight excluding hydrogens is 507 g/mol. The number of nitriles is 1. The van der Waals surface area contributed by atoms with E-state index in [0.29, 0.717) is 67.6 Å². The third kappa shape index (κ3) is 5.48. The van der Waals surface area contributed by atoms with Crippen LogP contribution in [0.5, 0.6) is 0 Å². The monoisotopic (exact) mass is 535 g/mol. The first-order chi connectivity index (χ1) is 18.0. The SMILES string of the molecule is [2H]C(Nc1cc(Cl)c2ncc(C#N)c(NCC(C)(C)C)c2c1)(c1cn(C2CC2)nn1)c1ccc(Cl)nc1C. The van der Waals surface area contributed by atoms with Gasteiger partial charge in [0.15, 0.2) is 0 Å². The van der Waals surface area contributed by atoms with Gasteiger partial charge in [-0.25, -0.2) is 9.67 Å². The Bertz CT molecular complexity index is 1570. The van der Waals surface area contributed by atoms with Gasteiger partial charge in [-0.2, -0.15) is 5.26 Å². The molecule has 0 aliphatic heterocycles. The van der Waals surface area contributed by atoms with Crippen LogP contribution in [0, 0.1) is 23.7 Å². The van der Waals surface area contributed by atoms with Crippen molar-refractivity contribution in [3.63, 3.8) is 0 Å². The number of anilines is 2. The summed E-state index contributed by atoms with van der Waals surface area (Å²) in [5.41, 5.74) is 3.75. The fraction of sp³-hybridized carbons (Fsp3) is 0.370. The van der Waals surface area contributed by atoms with Crippen molar-refractivity contribution < 1.29 is 1.37 Å². The van der Waals surface area contributed by atoms with E-state index in [-0.39, 0.29) is 5.41 Å². The van der Waals surface area contributed by atoms with E-state index in [2.05, 4.69) is 57.8 Å². The zero-order valence-electron chi connectivity index (χ0n) is 22.1. The Labute approximate surface area is 227 Å². The highest BCUT2D eigenvalue weighted by Crippen LogP contribution is 2.38. The van der Waals surface area contributed by atoms with Gasteiger partial charge in [-0.1, -0.05) is 55.3 Å². The first-order valence-electron chi connectivity index (χ1n) is 12.6. The first kappa shape index (κ1) is 24.0. The minimum Gasteiger partial charge on any atom is -0.383 e. The third-order valence-corrected chi connectivity index (χ3v) is 6.62. The largest absolute Gasteiger partial charge is 0.383 e. The Hall–Kier alpha value is -3.41. The number of hydrogen-bond acceptors (Lipinski definition) is 7. The molecule has 10 heteroatoms. The van der Waals surface area contributed by atoms with Gasteiger partial charge in [0.1, 0.15) is 16.9 Å². The molecule has 1 unspecified atom stereocenters. The average molecular weight is 536 g/mol. The van der Waals surface area contributed by atoms with Crippen molar-refractivity contribution in [2.75, 3.05) is 17.2 Å². The van der Waals surface area contributed by atoms with Gasteiger partial charge in [-0.05, 0) is 43.4 Å². The summed E-state index contributed by atoms with van der Waals surface area (Å²) in [7, 11) is 0. The lowest BCUT2D eigenvalue weighted by Crippen LogP contribution is -2.20. The van der Waals surface area contributed by atoms with Gasteiger partial charge in [-0.3, -0.25) is 4.98 Å². The Balaban J connectivity index is 1.64. The molecule has 190 valence electrons. The summed E-state index contributed by atoms with van der Waals surface area (Å²) in [6.07, 6.45) is 5.42. The second-order valence-electron chi connectivity index (χ2n) is 10.5. The van der Waals surface area contributed by atoms with E-state index in [9.17, 15) is 6.63 Å². The van der Waals surface area contributed by atoms with Gasteiger partial charge >= 0.3 is 0 Å². The molecule has 3 heterocycles. The second kappa shape index (κ2) is 9.81. The van der Waals surface area contributed by atoms with Crippen LogP contribution >= 0.6 is 23.2 Å². The predicted octanol–water partition coefficient (Wildman–Crippen LogP) is 6.70. The summed E-state index contributed by atoms with van der Waals surface area (Å²) < 4.78 is 11.5. The van der Waals surface area contributed by atoms with Crippen molar-refractivity contribution >= 4 is 45.5 Å². The summed E-state index contributed by atoms with van der Waals surface area (Å²) in [6, 6.07) is 8.00. The highest BCUT2D eigenvalue weighted by atomic mass is 35.5. The molecule has 4 aromatic rings. The van der Waals surface area contributed by atoms with Crippen molar-refractivity contribution in [1.29, 1.82) is 5.26 Å². The molecule has 1 aliphatic rings. The topological polar surface area (TPSA) is 104 Å². The second-order valence-corrected chi connectivity index (χ2v) is 11.3. The van der Waals surface area contributed by atoms with Crippen LogP contribution in [0.1, 0.15) is 69.6 Å². The Morgan fingerprint density at radius 3 is 2.73 bits per heavy atom. The zero-order valence-corrected chi connectivity index (χ0v) is 22.6. The summed E-state index contributed by atoms with van der Waals surface area (Å²) in [5, 5.41) is 26.6. The molecule has 0 amide bonds. The first-order valence-corrected chi connectivity index (χ1v) is 12.8. The highest BCUT2D eigenvalue weighted by Gasteiger charge is 2.28. The number of aryl methyl sites for hydroxylation is 1. The number of nitrogens with one attached hydrogen (secondary N) is 2. The number of aromatic nitrogens is 5. The molecule has 0 saturated heterocycles. The molecule has 8 nitrogen and oxygen atoms in total. The number of nitrogens with zero attached hydrogens (tertiary/aromatic N) is 6. The Kier molecular flexibility index (Phi) is 6.35. The number of benzene rings is 1. The molecule has 1 atom stereocenters. The third-order valence-electron chi connectivity index (χ3n) is 6.12. The summed E-state index contributed by atoms with van der Waals surface area (Å²) in [6.45, 7) is 8.78. The van der Waals surface area contributed by atoms with Gasteiger partial charge in [0.05, 0.1) is 41.4 Å². The van der Waals surface area contributed by atoms with E-state index in [4.69, 9.17) is 23.2 Å². The van der Waals surface area contributed by atoms with E-state index >= 15 is 0 Å². The maximum Gasteiger partial charge on any atom is 0.129 e. The molecule has 0 radical (unpaired) electrons. The maximum absolute atomic E-state index is 9.79. The van der Waals surface area contributed by atoms with Crippen molar-refractivity contribution in [2.24, 2.45) is 5.41 Å². The predicted molar refractivity (Wildman–Crippen MR) is 147 cm³/mol. The summed E-state index contributed by atoms with van der Waals surface area (Å²) in [5.74, 6) is 0. The van der Waals surface area contributed by atoms with Crippen LogP contribution in [-0.2, 0) is 0 Å². The number of fused-ring (bicyclic) bond motifs is 1. The molecule has 1 fully saturated rings. The van der Waals surface area contributed by atoms with E-state index < -0.39 is 6.02 Å². The lowest BCUT2D eigenvalue weighted by molar-refractivity contribution is 0.443. The van der Waals surface area contributed by atoms with Crippen molar-refractivity contribution in [2.45, 2.75) is 52.6 Å². The van der Waals surface area contributed by atoms with Gasteiger partial charge < -0.3 is 10.6 Å². The minimum absolute atomic E-state index is 0.0230. The summed E-state index contributed by atoms with van der Waals surface area (Å²) >= 11 is 12.8. The number of rotatable bonds is 7. The Morgan fingerprint density at radius 2 is 2.05 bits per heavy atom. The normalized spacial score (nSPS) is 15.6. The van der Waals surface area contributed by atoms with Crippen LogP contribution in [0.2, 0.25) is 10.2 Å². The molecule has 37 heavy (non-hydrogen) atoms.